The Hall–Kier alpha value is -3.91. The van der Waals surface area contributed by atoms with Crippen LogP contribution in [0.1, 0.15) is 45.0 Å². The zero-order chi connectivity index (χ0) is 27.6. The summed E-state index contributed by atoms with van der Waals surface area (Å²) in [6.45, 7) is 9.59. The van der Waals surface area contributed by atoms with Gasteiger partial charge in [0, 0.05) is 56.5 Å². The summed E-state index contributed by atoms with van der Waals surface area (Å²) in [7, 11) is 0. The highest BCUT2D eigenvalue weighted by molar-refractivity contribution is 5.95. The van der Waals surface area contributed by atoms with Crippen LogP contribution >= 0.6 is 0 Å². The number of carbonyl (C=O) groups excluding carboxylic acids is 1. The number of anilines is 1. The number of aromatic nitrogens is 2. The minimum Gasteiger partial charge on any atom is -0.455 e. The van der Waals surface area contributed by atoms with E-state index in [0.29, 0.717) is 24.5 Å². The second-order valence-electron chi connectivity index (χ2n) is 10.9. The SMILES string of the molecule is Cc1ccc(Cn2cc3c(n2)-c2c(oc(C(=O)NCCCN4CCN(c5ccccc5F)CC4)c2C)CC3)cc1. The average Bonchev–Trinajstić information content (AvgIpc) is 3.53. The summed E-state index contributed by atoms with van der Waals surface area (Å²) in [5.74, 6) is 0.908. The fourth-order valence-corrected chi connectivity index (χ4v) is 5.85. The van der Waals surface area contributed by atoms with Crippen molar-refractivity contribution in [1.29, 1.82) is 0 Å². The first-order valence-electron chi connectivity index (χ1n) is 14.2. The molecule has 0 atom stereocenters. The highest BCUT2D eigenvalue weighted by Gasteiger charge is 2.29. The summed E-state index contributed by atoms with van der Waals surface area (Å²) >= 11 is 0. The predicted octanol–water partition coefficient (Wildman–Crippen LogP) is 4.99. The van der Waals surface area contributed by atoms with E-state index >= 15 is 0 Å². The molecule has 1 saturated heterocycles. The van der Waals surface area contributed by atoms with E-state index in [1.165, 1.54) is 22.8 Å². The van der Waals surface area contributed by atoms with Crippen LogP contribution in [0.2, 0.25) is 0 Å². The third-order valence-electron chi connectivity index (χ3n) is 8.09. The molecule has 1 aliphatic carbocycles. The largest absolute Gasteiger partial charge is 0.455 e. The van der Waals surface area contributed by atoms with Crippen LogP contribution in [0.25, 0.3) is 11.3 Å². The van der Waals surface area contributed by atoms with Crippen LogP contribution in [0.5, 0.6) is 0 Å². The number of aryl methyl sites for hydroxylation is 3. The summed E-state index contributed by atoms with van der Waals surface area (Å²) in [5.41, 5.74) is 7.10. The van der Waals surface area contributed by atoms with Crippen LogP contribution in [0.3, 0.4) is 0 Å². The van der Waals surface area contributed by atoms with Crippen molar-refractivity contribution in [2.75, 3.05) is 44.2 Å². The van der Waals surface area contributed by atoms with Gasteiger partial charge in [0.1, 0.15) is 11.6 Å². The number of hydrogen-bond acceptors (Lipinski definition) is 5. The molecule has 7 nitrogen and oxygen atoms in total. The van der Waals surface area contributed by atoms with Crippen molar-refractivity contribution >= 4 is 11.6 Å². The normalized spacial score (nSPS) is 15.1. The number of nitrogens with one attached hydrogen (secondary N) is 1. The monoisotopic (exact) mass is 541 g/mol. The van der Waals surface area contributed by atoms with Gasteiger partial charge in [0.05, 0.1) is 17.9 Å². The standard InChI is InChI=1S/C32H36FN5O2/c1-22-8-10-24(11-9-22)20-38-21-25-12-13-28-29(30(25)35-38)23(2)31(40-28)32(39)34-14-5-15-36-16-18-37(19-17-36)27-7-4-3-6-26(27)33/h3-4,6-11,21H,5,12-20H2,1-2H3,(H,34,39). The number of furan rings is 1. The topological polar surface area (TPSA) is 66.5 Å². The Kier molecular flexibility index (Phi) is 7.43. The van der Waals surface area contributed by atoms with Gasteiger partial charge in [0.15, 0.2) is 5.76 Å². The molecular weight excluding hydrogens is 505 g/mol. The molecule has 0 saturated carbocycles. The van der Waals surface area contributed by atoms with Gasteiger partial charge in [-0.05, 0) is 56.5 Å². The lowest BCUT2D eigenvalue weighted by molar-refractivity contribution is 0.0921. The van der Waals surface area contributed by atoms with Crippen molar-refractivity contribution in [2.45, 2.75) is 39.7 Å². The van der Waals surface area contributed by atoms with Crippen LogP contribution in [0, 0.1) is 19.7 Å². The lowest BCUT2D eigenvalue weighted by Crippen LogP contribution is -2.47. The first-order chi connectivity index (χ1) is 19.5. The van der Waals surface area contributed by atoms with Crippen LogP contribution in [-0.4, -0.2) is 59.9 Å². The predicted molar refractivity (Wildman–Crippen MR) is 154 cm³/mol. The summed E-state index contributed by atoms with van der Waals surface area (Å²) < 4.78 is 22.2. The van der Waals surface area contributed by atoms with Crippen LogP contribution in [-0.2, 0) is 19.4 Å². The van der Waals surface area contributed by atoms with Gasteiger partial charge in [-0.1, -0.05) is 42.0 Å². The fourth-order valence-electron chi connectivity index (χ4n) is 5.85. The maximum Gasteiger partial charge on any atom is 0.287 e. The third-order valence-corrected chi connectivity index (χ3v) is 8.09. The first kappa shape index (κ1) is 26.3. The van der Waals surface area contributed by atoms with E-state index in [-0.39, 0.29) is 11.7 Å². The molecule has 3 heterocycles. The molecule has 2 aromatic carbocycles. The molecule has 8 heteroatoms. The Balaban J connectivity index is 1.02. The van der Waals surface area contributed by atoms with E-state index in [9.17, 15) is 9.18 Å². The molecule has 0 unspecified atom stereocenters. The van der Waals surface area contributed by atoms with Gasteiger partial charge >= 0.3 is 0 Å². The van der Waals surface area contributed by atoms with Crippen LogP contribution in [0.15, 0.2) is 59.1 Å². The zero-order valence-corrected chi connectivity index (χ0v) is 23.3. The lowest BCUT2D eigenvalue weighted by Gasteiger charge is -2.36. The van der Waals surface area contributed by atoms with E-state index in [4.69, 9.17) is 9.52 Å². The quantitative estimate of drug-likeness (QED) is 0.319. The Morgan fingerprint density at radius 2 is 1.80 bits per heavy atom. The molecule has 0 spiro atoms. The van der Waals surface area contributed by atoms with Gasteiger partial charge < -0.3 is 14.6 Å². The Morgan fingerprint density at radius 3 is 2.58 bits per heavy atom. The maximum atomic E-state index is 14.1. The fraction of sp³-hybridized carbons (Fsp3) is 0.375. The van der Waals surface area contributed by atoms with Crippen molar-refractivity contribution in [3.05, 3.63) is 94.3 Å². The Labute approximate surface area is 234 Å². The molecule has 40 heavy (non-hydrogen) atoms. The van der Waals surface area contributed by atoms with Crippen molar-refractivity contribution < 1.29 is 13.6 Å². The highest BCUT2D eigenvalue weighted by atomic mass is 19.1. The number of halogens is 1. The van der Waals surface area contributed by atoms with E-state index in [1.807, 2.05) is 23.7 Å². The number of amides is 1. The van der Waals surface area contributed by atoms with Gasteiger partial charge in [-0.15, -0.1) is 0 Å². The minimum atomic E-state index is -0.170. The molecule has 208 valence electrons. The number of para-hydroxylation sites is 1. The van der Waals surface area contributed by atoms with E-state index in [0.717, 1.165) is 74.6 Å². The van der Waals surface area contributed by atoms with Crippen molar-refractivity contribution in [3.63, 3.8) is 0 Å². The summed E-state index contributed by atoms with van der Waals surface area (Å²) in [6.07, 6.45) is 4.60. The summed E-state index contributed by atoms with van der Waals surface area (Å²) in [5, 5.41) is 7.95. The van der Waals surface area contributed by atoms with Gasteiger partial charge in [-0.25, -0.2) is 4.39 Å². The minimum absolute atomic E-state index is 0.166. The molecule has 0 bridgehead atoms. The van der Waals surface area contributed by atoms with Gasteiger partial charge in [0.25, 0.3) is 5.91 Å². The molecule has 0 radical (unpaired) electrons. The highest BCUT2D eigenvalue weighted by Crippen LogP contribution is 2.38. The molecule has 1 amide bonds. The molecule has 1 N–H and O–H groups in total. The number of nitrogens with zero attached hydrogens (tertiary/aromatic N) is 4. The molecule has 1 aliphatic heterocycles. The van der Waals surface area contributed by atoms with E-state index in [1.54, 1.807) is 6.07 Å². The number of carbonyl (C=O) groups is 1. The Bertz CT molecular complexity index is 1500. The number of hydrogen-bond donors (Lipinski definition) is 1. The lowest BCUT2D eigenvalue weighted by atomic mass is 9.93. The molecule has 2 aliphatic rings. The molecule has 6 rings (SSSR count). The number of fused-ring (bicyclic) bond motifs is 3. The van der Waals surface area contributed by atoms with Gasteiger partial charge in [-0.3, -0.25) is 14.4 Å². The second kappa shape index (κ2) is 11.3. The van der Waals surface area contributed by atoms with E-state index in [2.05, 4.69) is 52.5 Å². The number of piperazine rings is 1. The summed E-state index contributed by atoms with van der Waals surface area (Å²) in [6, 6.07) is 15.5. The van der Waals surface area contributed by atoms with Crippen LogP contribution < -0.4 is 10.2 Å². The van der Waals surface area contributed by atoms with Crippen molar-refractivity contribution in [1.82, 2.24) is 20.0 Å². The van der Waals surface area contributed by atoms with Gasteiger partial charge in [-0.2, -0.15) is 5.10 Å². The number of rotatable bonds is 8. The third kappa shape index (κ3) is 5.41. The summed E-state index contributed by atoms with van der Waals surface area (Å²) in [4.78, 5) is 17.5. The smallest absolute Gasteiger partial charge is 0.287 e. The Morgan fingerprint density at radius 1 is 1.02 bits per heavy atom. The van der Waals surface area contributed by atoms with Crippen LogP contribution in [0.4, 0.5) is 10.1 Å². The van der Waals surface area contributed by atoms with E-state index < -0.39 is 0 Å². The molecule has 1 fully saturated rings. The second-order valence-corrected chi connectivity index (χ2v) is 10.9. The maximum absolute atomic E-state index is 14.1. The van der Waals surface area contributed by atoms with Crippen molar-refractivity contribution in [2.24, 2.45) is 0 Å². The first-order valence-corrected chi connectivity index (χ1v) is 14.2. The molecular formula is C32H36FN5O2. The van der Waals surface area contributed by atoms with Crippen molar-refractivity contribution in [3.8, 4) is 11.3 Å². The number of benzene rings is 2. The van der Waals surface area contributed by atoms with Gasteiger partial charge in [0.2, 0.25) is 0 Å². The molecule has 4 aromatic rings. The average molecular weight is 542 g/mol. The molecule has 2 aromatic heterocycles. The zero-order valence-electron chi connectivity index (χ0n) is 23.3.